The van der Waals surface area contributed by atoms with Gasteiger partial charge in [0, 0.05) is 16.1 Å². The lowest BCUT2D eigenvalue weighted by molar-refractivity contribution is 0.102. The molecule has 0 aliphatic rings. The van der Waals surface area contributed by atoms with Crippen LogP contribution in [0.15, 0.2) is 41.1 Å². The average molecular weight is 313 g/mol. The molecule has 0 bridgehead atoms. The van der Waals surface area contributed by atoms with Gasteiger partial charge < -0.3 is 5.32 Å². The first-order valence-corrected chi connectivity index (χ1v) is 5.87. The summed E-state index contributed by atoms with van der Waals surface area (Å²) in [4.78, 5) is 19.4. The van der Waals surface area contributed by atoms with Gasteiger partial charge in [-0.25, -0.2) is 9.97 Å². The van der Waals surface area contributed by atoms with Crippen molar-refractivity contribution in [2.24, 2.45) is 0 Å². The number of anilines is 1. The molecule has 1 aromatic heterocycles. The molecule has 0 fully saturated rings. The van der Waals surface area contributed by atoms with Crippen LogP contribution in [0.1, 0.15) is 10.4 Å². The first-order valence-electron chi connectivity index (χ1n) is 4.69. The van der Waals surface area contributed by atoms with Crippen molar-refractivity contribution >= 4 is 39.3 Å². The maximum atomic E-state index is 11.8. The van der Waals surface area contributed by atoms with E-state index in [1.165, 1.54) is 12.4 Å². The summed E-state index contributed by atoms with van der Waals surface area (Å²) in [7, 11) is 0. The van der Waals surface area contributed by atoms with Crippen molar-refractivity contribution in [3.8, 4) is 0 Å². The molecule has 0 aliphatic heterocycles. The standard InChI is InChI=1S/C11H7BrClN3O/c12-8-3-1-7(2-4-8)11(17)16-10-5-9(13)14-6-15-10/h1-6H,(H,14,15,16,17). The first kappa shape index (κ1) is 12.0. The van der Waals surface area contributed by atoms with E-state index in [9.17, 15) is 4.79 Å². The van der Waals surface area contributed by atoms with Gasteiger partial charge in [-0.2, -0.15) is 0 Å². The number of nitrogens with zero attached hydrogens (tertiary/aromatic N) is 2. The van der Waals surface area contributed by atoms with Crippen molar-refractivity contribution in [1.29, 1.82) is 0 Å². The van der Waals surface area contributed by atoms with Crippen molar-refractivity contribution in [2.45, 2.75) is 0 Å². The molecule has 0 spiro atoms. The minimum Gasteiger partial charge on any atom is -0.306 e. The Bertz CT molecular complexity index is 545. The molecule has 1 aromatic carbocycles. The molecule has 0 atom stereocenters. The number of halogens is 2. The number of nitrogens with one attached hydrogen (secondary N) is 1. The van der Waals surface area contributed by atoms with Crippen LogP contribution < -0.4 is 5.32 Å². The fourth-order valence-electron chi connectivity index (χ4n) is 1.19. The molecule has 0 unspecified atom stereocenters. The monoisotopic (exact) mass is 311 g/mol. The van der Waals surface area contributed by atoms with E-state index in [-0.39, 0.29) is 11.1 Å². The molecule has 17 heavy (non-hydrogen) atoms. The van der Waals surface area contributed by atoms with Crippen LogP contribution in [0.2, 0.25) is 5.15 Å². The molecule has 0 saturated heterocycles. The van der Waals surface area contributed by atoms with Crippen molar-refractivity contribution in [3.05, 3.63) is 51.8 Å². The lowest BCUT2D eigenvalue weighted by Crippen LogP contribution is -2.12. The maximum Gasteiger partial charge on any atom is 0.256 e. The van der Waals surface area contributed by atoms with E-state index in [1.54, 1.807) is 24.3 Å². The molecule has 0 saturated carbocycles. The molecule has 4 nitrogen and oxygen atoms in total. The van der Waals surface area contributed by atoms with Crippen molar-refractivity contribution in [2.75, 3.05) is 5.32 Å². The lowest BCUT2D eigenvalue weighted by Gasteiger charge is -2.04. The molecule has 1 amide bonds. The lowest BCUT2D eigenvalue weighted by atomic mass is 10.2. The second-order valence-corrected chi connectivity index (χ2v) is 4.49. The molecule has 0 aliphatic carbocycles. The van der Waals surface area contributed by atoms with Gasteiger partial charge in [0.05, 0.1) is 0 Å². The molecule has 1 N–H and O–H groups in total. The number of hydrogen-bond donors (Lipinski definition) is 1. The van der Waals surface area contributed by atoms with Gasteiger partial charge in [-0.05, 0) is 24.3 Å². The molecule has 6 heteroatoms. The Morgan fingerprint density at radius 1 is 1.24 bits per heavy atom. The quantitative estimate of drug-likeness (QED) is 0.867. The number of amides is 1. The van der Waals surface area contributed by atoms with Crippen LogP contribution in [0.5, 0.6) is 0 Å². The summed E-state index contributed by atoms with van der Waals surface area (Å²) in [5.74, 6) is 0.130. The largest absolute Gasteiger partial charge is 0.306 e. The summed E-state index contributed by atoms with van der Waals surface area (Å²) < 4.78 is 0.916. The van der Waals surface area contributed by atoms with Gasteiger partial charge in [0.2, 0.25) is 0 Å². The summed E-state index contributed by atoms with van der Waals surface area (Å²) in [6.07, 6.45) is 1.29. The highest BCUT2D eigenvalue weighted by molar-refractivity contribution is 9.10. The minimum absolute atomic E-state index is 0.243. The average Bonchev–Trinajstić information content (AvgIpc) is 2.29. The zero-order valence-corrected chi connectivity index (χ0v) is 10.9. The van der Waals surface area contributed by atoms with Gasteiger partial charge in [-0.3, -0.25) is 4.79 Å². The van der Waals surface area contributed by atoms with Gasteiger partial charge in [-0.15, -0.1) is 0 Å². The van der Waals surface area contributed by atoms with E-state index >= 15 is 0 Å². The Hall–Kier alpha value is -1.46. The number of hydrogen-bond acceptors (Lipinski definition) is 3. The molecule has 86 valence electrons. The third-order valence-electron chi connectivity index (χ3n) is 1.98. The number of benzene rings is 1. The minimum atomic E-state index is -0.243. The molecule has 2 aromatic rings. The van der Waals surface area contributed by atoms with Crippen LogP contribution in [-0.4, -0.2) is 15.9 Å². The molecular formula is C11H7BrClN3O. The third kappa shape index (κ3) is 3.25. The van der Waals surface area contributed by atoms with Crippen molar-refractivity contribution in [1.82, 2.24) is 9.97 Å². The number of aromatic nitrogens is 2. The fourth-order valence-corrected chi connectivity index (χ4v) is 1.60. The van der Waals surface area contributed by atoms with Crippen molar-refractivity contribution in [3.63, 3.8) is 0 Å². The van der Waals surface area contributed by atoms with Crippen LogP contribution in [-0.2, 0) is 0 Å². The predicted molar refractivity (Wildman–Crippen MR) is 69.1 cm³/mol. The second-order valence-electron chi connectivity index (χ2n) is 3.19. The smallest absolute Gasteiger partial charge is 0.256 e. The Kier molecular flexibility index (Phi) is 3.71. The topological polar surface area (TPSA) is 54.9 Å². The first-order chi connectivity index (χ1) is 8.15. The van der Waals surface area contributed by atoms with Crippen LogP contribution in [0.3, 0.4) is 0 Å². The molecule has 0 radical (unpaired) electrons. The van der Waals surface area contributed by atoms with E-state index in [1.807, 2.05) is 0 Å². The zero-order valence-electron chi connectivity index (χ0n) is 8.52. The van der Waals surface area contributed by atoms with E-state index in [2.05, 4.69) is 31.2 Å². The molecule has 1 heterocycles. The van der Waals surface area contributed by atoms with E-state index in [0.717, 1.165) is 4.47 Å². The Morgan fingerprint density at radius 2 is 1.94 bits per heavy atom. The third-order valence-corrected chi connectivity index (χ3v) is 2.72. The summed E-state index contributed by atoms with van der Waals surface area (Å²) in [6, 6.07) is 8.49. The Labute approximate surface area is 111 Å². The summed E-state index contributed by atoms with van der Waals surface area (Å²) in [6.45, 7) is 0. The van der Waals surface area contributed by atoms with E-state index in [0.29, 0.717) is 11.4 Å². The predicted octanol–water partition coefficient (Wildman–Crippen LogP) is 3.14. The zero-order chi connectivity index (χ0) is 12.3. The Balaban J connectivity index is 2.14. The fraction of sp³-hybridized carbons (Fsp3) is 0. The summed E-state index contributed by atoms with van der Waals surface area (Å²) in [5, 5.41) is 2.91. The van der Waals surface area contributed by atoms with Crippen LogP contribution in [0.25, 0.3) is 0 Å². The SMILES string of the molecule is O=C(Nc1cc(Cl)ncn1)c1ccc(Br)cc1. The van der Waals surface area contributed by atoms with Gasteiger partial charge in [-0.1, -0.05) is 27.5 Å². The van der Waals surface area contributed by atoms with Crippen LogP contribution >= 0.6 is 27.5 Å². The second kappa shape index (κ2) is 5.25. The summed E-state index contributed by atoms with van der Waals surface area (Å²) >= 11 is 8.99. The molecule has 2 rings (SSSR count). The van der Waals surface area contributed by atoms with Crippen LogP contribution in [0, 0.1) is 0 Å². The highest BCUT2D eigenvalue weighted by Gasteiger charge is 2.06. The van der Waals surface area contributed by atoms with Crippen molar-refractivity contribution < 1.29 is 4.79 Å². The highest BCUT2D eigenvalue weighted by Crippen LogP contribution is 2.13. The summed E-state index contributed by atoms with van der Waals surface area (Å²) in [5.41, 5.74) is 0.544. The number of carbonyl (C=O) groups excluding carboxylic acids is 1. The van der Waals surface area contributed by atoms with Gasteiger partial charge in [0.15, 0.2) is 0 Å². The van der Waals surface area contributed by atoms with Crippen LogP contribution in [0.4, 0.5) is 5.82 Å². The maximum absolute atomic E-state index is 11.8. The van der Waals surface area contributed by atoms with Gasteiger partial charge in [0.25, 0.3) is 5.91 Å². The number of rotatable bonds is 2. The Morgan fingerprint density at radius 3 is 2.59 bits per heavy atom. The highest BCUT2D eigenvalue weighted by atomic mass is 79.9. The van der Waals surface area contributed by atoms with Gasteiger partial charge >= 0.3 is 0 Å². The van der Waals surface area contributed by atoms with E-state index in [4.69, 9.17) is 11.6 Å². The normalized spacial score (nSPS) is 10.0. The van der Waals surface area contributed by atoms with E-state index < -0.39 is 0 Å². The van der Waals surface area contributed by atoms with Gasteiger partial charge in [0.1, 0.15) is 17.3 Å². The number of carbonyl (C=O) groups is 1. The molecular weight excluding hydrogens is 305 g/mol.